The van der Waals surface area contributed by atoms with Crippen molar-refractivity contribution in [1.29, 1.82) is 5.26 Å². The molecule has 3 aromatic carbocycles. The smallest absolute Gasteiger partial charge is 0.266 e. The van der Waals surface area contributed by atoms with Gasteiger partial charge in [0.1, 0.15) is 17.4 Å². The van der Waals surface area contributed by atoms with E-state index in [4.69, 9.17) is 16.3 Å². The predicted octanol–water partition coefficient (Wildman–Crippen LogP) is 5.52. The number of rotatable bonds is 7. The number of benzene rings is 3. The van der Waals surface area contributed by atoms with Crippen molar-refractivity contribution in [2.75, 3.05) is 17.2 Å². The highest BCUT2D eigenvalue weighted by molar-refractivity contribution is 6.32. The summed E-state index contributed by atoms with van der Waals surface area (Å²) in [6, 6.07) is 21.4. The second kappa shape index (κ2) is 11.0. The normalized spacial score (nSPS) is 10.8. The fraction of sp³-hybridized carbons (Fsp3) is 0.115. The molecule has 0 fully saturated rings. The van der Waals surface area contributed by atoms with Gasteiger partial charge in [-0.2, -0.15) is 5.26 Å². The zero-order chi connectivity index (χ0) is 23.8. The maximum atomic E-state index is 12.4. The minimum absolute atomic E-state index is 0.0714. The van der Waals surface area contributed by atoms with Gasteiger partial charge in [-0.25, -0.2) is 0 Å². The largest absolute Gasteiger partial charge is 0.482 e. The third-order valence-electron chi connectivity index (χ3n) is 4.72. The number of para-hydroxylation sites is 1. The minimum Gasteiger partial charge on any atom is -0.482 e. The lowest BCUT2D eigenvalue weighted by Crippen LogP contribution is -2.20. The van der Waals surface area contributed by atoms with Crippen LogP contribution in [0.1, 0.15) is 16.7 Å². The average Bonchev–Trinajstić information content (AvgIpc) is 2.80. The van der Waals surface area contributed by atoms with E-state index in [1.54, 1.807) is 30.3 Å². The Morgan fingerprint density at radius 3 is 2.42 bits per heavy atom. The number of anilines is 2. The van der Waals surface area contributed by atoms with E-state index in [9.17, 15) is 14.9 Å². The number of aryl methyl sites for hydroxylation is 2. The minimum atomic E-state index is -0.523. The number of amides is 2. The summed E-state index contributed by atoms with van der Waals surface area (Å²) in [4.78, 5) is 24.6. The maximum absolute atomic E-state index is 12.4. The topological polar surface area (TPSA) is 91.2 Å². The van der Waals surface area contributed by atoms with Crippen molar-refractivity contribution < 1.29 is 14.3 Å². The third-order valence-corrected chi connectivity index (χ3v) is 5.01. The summed E-state index contributed by atoms with van der Waals surface area (Å²) >= 11 is 6.28. The number of carbonyl (C=O) groups excluding carboxylic acids is 2. The van der Waals surface area contributed by atoms with Crippen molar-refractivity contribution in [2.45, 2.75) is 13.8 Å². The first kappa shape index (κ1) is 23.6. The molecular formula is C26H22ClN3O3. The third kappa shape index (κ3) is 6.70. The van der Waals surface area contributed by atoms with Gasteiger partial charge in [0.15, 0.2) is 6.61 Å². The molecular weight excluding hydrogens is 438 g/mol. The van der Waals surface area contributed by atoms with Gasteiger partial charge in [-0.05, 0) is 61.4 Å². The van der Waals surface area contributed by atoms with Crippen LogP contribution in [0.25, 0.3) is 6.08 Å². The summed E-state index contributed by atoms with van der Waals surface area (Å²) in [5, 5.41) is 15.1. The van der Waals surface area contributed by atoms with E-state index < -0.39 is 5.91 Å². The van der Waals surface area contributed by atoms with E-state index in [0.29, 0.717) is 22.7 Å². The molecule has 2 N–H and O–H groups in total. The van der Waals surface area contributed by atoms with Crippen LogP contribution in [0.3, 0.4) is 0 Å². The van der Waals surface area contributed by atoms with Crippen LogP contribution in [0.2, 0.25) is 5.02 Å². The number of nitriles is 1. The van der Waals surface area contributed by atoms with Gasteiger partial charge in [-0.1, -0.05) is 53.6 Å². The molecule has 2 amide bonds. The van der Waals surface area contributed by atoms with E-state index >= 15 is 0 Å². The Balaban J connectivity index is 1.63. The summed E-state index contributed by atoms with van der Waals surface area (Å²) in [6.07, 6.45) is 1.43. The molecule has 0 bridgehead atoms. The lowest BCUT2D eigenvalue weighted by atomic mass is 10.1. The molecule has 7 heteroatoms. The molecule has 3 aromatic rings. The highest BCUT2D eigenvalue weighted by Crippen LogP contribution is 2.27. The van der Waals surface area contributed by atoms with Crippen LogP contribution < -0.4 is 15.4 Å². The number of nitrogens with one attached hydrogen (secondary N) is 2. The number of hydrogen-bond acceptors (Lipinski definition) is 4. The second-order valence-corrected chi connectivity index (χ2v) is 7.74. The number of nitrogens with zero attached hydrogens (tertiary/aromatic N) is 1. The molecule has 0 aliphatic rings. The van der Waals surface area contributed by atoms with Gasteiger partial charge in [0.2, 0.25) is 0 Å². The van der Waals surface area contributed by atoms with Gasteiger partial charge in [-0.3, -0.25) is 9.59 Å². The summed E-state index contributed by atoms with van der Waals surface area (Å²) in [5.41, 5.74) is 3.79. The monoisotopic (exact) mass is 459 g/mol. The quantitative estimate of drug-likeness (QED) is 0.359. The molecule has 0 saturated carbocycles. The van der Waals surface area contributed by atoms with Gasteiger partial charge < -0.3 is 15.4 Å². The van der Waals surface area contributed by atoms with Gasteiger partial charge in [0, 0.05) is 11.4 Å². The highest BCUT2D eigenvalue weighted by Gasteiger charge is 2.12. The summed E-state index contributed by atoms with van der Waals surface area (Å²) in [7, 11) is 0. The Hall–Kier alpha value is -4.08. The van der Waals surface area contributed by atoms with Gasteiger partial charge >= 0.3 is 0 Å². The first-order valence-corrected chi connectivity index (χ1v) is 10.5. The van der Waals surface area contributed by atoms with Gasteiger partial charge in [0.25, 0.3) is 11.8 Å². The first-order chi connectivity index (χ1) is 15.9. The number of ether oxygens (including phenoxy) is 1. The fourth-order valence-electron chi connectivity index (χ4n) is 2.92. The molecule has 166 valence electrons. The molecule has 0 atom stereocenters. The molecule has 0 heterocycles. The van der Waals surface area contributed by atoms with Crippen LogP contribution in [0.4, 0.5) is 11.4 Å². The lowest BCUT2D eigenvalue weighted by molar-refractivity contribution is -0.118. The van der Waals surface area contributed by atoms with Crippen molar-refractivity contribution in [3.8, 4) is 11.8 Å². The molecule has 0 radical (unpaired) electrons. The van der Waals surface area contributed by atoms with E-state index in [-0.39, 0.29) is 23.1 Å². The zero-order valence-electron chi connectivity index (χ0n) is 18.2. The van der Waals surface area contributed by atoms with Crippen LogP contribution in [-0.4, -0.2) is 18.4 Å². The first-order valence-electron chi connectivity index (χ1n) is 10.1. The zero-order valence-corrected chi connectivity index (χ0v) is 18.9. The Kier molecular flexibility index (Phi) is 7.85. The van der Waals surface area contributed by atoms with Crippen LogP contribution in [0, 0.1) is 25.2 Å². The molecule has 0 saturated heterocycles. The lowest BCUT2D eigenvalue weighted by Gasteiger charge is -2.11. The van der Waals surface area contributed by atoms with Crippen LogP contribution in [-0.2, 0) is 9.59 Å². The van der Waals surface area contributed by atoms with E-state index in [1.165, 1.54) is 6.08 Å². The Bertz CT molecular complexity index is 1240. The number of halogens is 1. The molecule has 0 aliphatic carbocycles. The fourth-order valence-corrected chi connectivity index (χ4v) is 3.16. The van der Waals surface area contributed by atoms with E-state index in [0.717, 1.165) is 11.1 Å². The Morgan fingerprint density at radius 1 is 1.03 bits per heavy atom. The summed E-state index contributed by atoms with van der Waals surface area (Å²) in [6.45, 7) is 3.63. The van der Waals surface area contributed by atoms with Crippen LogP contribution in [0.15, 0.2) is 72.3 Å². The highest BCUT2D eigenvalue weighted by atomic mass is 35.5. The molecule has 6 nitrogen and oxygen atoms in total. The molecule has 0 spiro atoms. The van der Waals surface area contributed by atoms with Crippen molar-refractivity contribution in [1.82, 2.24) is 0 Å². The average molecular weight is 460 g/mol. The predicted molar refractivity (Wildman–Crippen MR) is 130 cm³/mol. The molecule has 0 unspecified atom stereocenters. The van der Waals surface area contributed by atoms with Gasteiger partial charge in [-0.15, -0.1) is 0 Å². The molecule has 33 heavy (non-hydrogen) atoms. The Labute approximate surface area is 197 Å². The molecule has 3 rings (SSSR count). The van der Waals surface area contributed by atoms with Crippen LogP contribution >= 0.6 is 11.6 Å². The molecule has 0 aromatic heterocycles. The standard InChI is InChI=1S/C26H22ClN3O3/c1-17-7-10-21(11-8-17)29-26(32)20(15-28)13-19-9-12-24(22(27)14-19)33-16-25(31)30-23-6-4-3-5-18(23)2/h3-14H,16H2,1-2H3,(H,29,32)(H,30,31)/b20-13-. The van der Waals surface area contributed by atoms with E-state index in [2.05, 4.69) is 10.6 Å². The summed E-state index contributed by atoms with van der Waals surface area (Å²) < 4.78 is 5.52. The van der Waals surface area contributed by atoms with Crippen LogP contribution in [0.5, 0.6) is 5.75 Å². The van der Waals surface area contributed by atoms with Gasteiger partial charge in [0.05, 0.1) is 5.02 Å². The SMILES string of the molecule is Cc1ccc(NC(=O)/C(C#N)=C\c2ccc(OCC(=O)Nc3ccccc3C)c(Cl)c2)cc1. The van der Waals surface area contributed by atoms with Crippen molar-refractivity contribution in [3.05, 3.63) is 94.0 Å². The number of carbonyl (C=O) groups is 2. The number of hydrogen-bond donors (Lipinski definition) is 2. The summed E-state index contributed by atoms with van der Waals surface area (Å²) in [5.74, 6) is -0.522. The van der Waals surface area contributed by atoms with Crippen molar-refractivity contribution in [3.63, 3.8) is 0 Å². The van der Waals surface area contributed by atoms with E-state index in [1.807, 2.05) is 56.3 Å². The van der Waals surface area contributed by atoms with Crippen molar-refractivity contribution in [2.24, 2.45) is 0 Å². The second-order valence-electron chi connectivity index (χ2n) is 7.33. The Morgan fingerprint density at radius 2 is 1.76 bits per heavy atom. The maximum Gasteiger partial charge on any atom is 0.266 e. The van der Waals surface area contributed by atoms with Crippen molar-refractivity contribution >= 4 is 40.9 Å². The molecule has 0 aliphatic heterocycles.